The van der Waals surface area contributed by atoms with E-state index in [4.69, 9.17) is 4.74 Å². The molecule has 0 aliphatic carbocycles. The number of anilines is 2. The van der Waals surface area contributed by atoms with E-state index in [0.717, 1.165) is 32.7 Å². The van der Waals surface area contributed by atoms with Crippen molar-refractivity contribution in [3.63, 3.8) is 0 Å². The van der Waals surface area contributed by atoms with Crippen molar-refractivity contribution < 1.29 is 4.74 Å². The topological polar surface area (TPSA) is 21.3 Å². The minimum atomic E-state index is 0.854. The van der Waals surface area contributed by atoms with Crippen molar-refractivity contribution in [1.29, 1.82) is 0 Å². The molecule has 0 saturated heterocycles. The molecule has 0 saturated carbocycles. The maximum absolute atomic E-state index is 6.06. The molecule has 92 valence electrons. The van der Waals surface area contributed by atoms with Crippen molar-refractivity contribution in [2.24, 2.45) is 0 Å². The van der Waals surface area contributed by atoms with Crippen LogP contribution < -0.4 is 10.1 Å². The smallest absolute Gasteiger partial charge is 0.158 e. The Kier molecular flexibility index (Phi) is 2.29. The zero-order chi connectivity index (χ0) is 12.8. The molecule has 3 aromatic rings. The van der Waals surface area contributed by atoms with Gasteiger partial charge in [-0.2, -0.15) is 0 Å². The summed E-state index contributed by atoms with van der Waals surface area (Å²) in [5.41, 5.74) is 1.99. The summed E-state index contributed by atoms with van der Waals surface area (Å²) in [6.45, 7) is 0. The Balaban J connectivity index is 1.94. The minimum Gasteiger partial charge on any atom is -0.452 e. The molecule has 0 spiro atoms. The summed E-state index contributed by atoms with van der Waals surface area (Å²) in [6.07, 6.45) is 0. The monoisotopic (exact) mass is 311 g/mol. The summed E-state index contributed by atoms with van der Waals surface area (Å²) >= 11 is 3.47. The lowest BCUT2D eigenvalue weighted by molar-refractivity contribution is 0.486. The van der Waals surface area contributed by atoms with Crippen LogP contribution in [0.15, 0.2) is 59.1 Å². The van der Waals surface area contributed by atoms with Crippen LogP contribution in [-0.4, -0.2) is 0 Å². The Bertz CT molecular complexity index is 798. The second-order valence-corrected chi connectivity index (χ2v) is 5.45. The minimum absolute atomic E-state index is 0.854. The van der Waals surface area contributed by atoms with Crippen LogP contribution in [0.25, 0.3) is 10.8 Å². The van der Waals surface area contributed by atoms with E-state index in [2.05, 4.69) is 45.5 Å². The van der Waals surface area contributed by atoms with Crippen molar-refractivity contribution in [2.75, 3.05) is 5.32 Å². The first-order valence-electron chi connectivity index (χ1n) is 6.07. The van der Waals surface area contributed by atoms with Crippen LogP contribution in [-0.2, 0) is 0 Å². The summed E-state index contributed by atoms with van der Waals surface area (Å²) in [6, 6.07) is 18.4. The molecule has 0 unspecified atom stereocenters. The molecule has 1 N–H and O–H groups in total. The van der Waals surface area contributed by atoms with Gasteiger partial charge in [0.05, 0.1) is 11.4 Å². The van der Waals surface area contributed by atoms with Crippen LogP contribution in [0.4, 0.5) is 11.4 Å². The second kappa shape index (κ2) is 4.00. The van der Waals surface area contributed by atoms with E-state index < -0.39 is 0 Å². The fourth-order valence-electron chi connectivity index (χ4n) is 2.40. The predicted octanol–water partition coefficient (Wildman–Crippen LogP) is 5.45. The van der Waals surface area contributed by atoms with Gasteiger partial charge in [0.15, 0.2) is 11.5 Å². The molecule has 1 aliphatic rings. The Labute approximate surface area is 119 Å². The molecule has 1 aliphatic heterocycles. The number of fused-ring (bicyclic) bond motifs is 4. The summed E-state index contributed by atoms with van der Waals surface area (Å²) < 4.78 is 7.10. The zero-order valence-corrected chi connectivity index (χ0v) is 11.6. The van der Waals surface area contributed by atoms with Gasteiger partial charge in [-0.25, -0.2) is 0 Å². The van der Waals surface area contributed by atoms with Crippen LogP contribution in [0.3, 0.4) is 0 Å². The zero-order valence-electron chi connectivity index (χ0n) is 9.98. The summed E-state index contributed by atoms with van der Waals surface area (Å²) in [5.74, 6) is 1.75. The van der Waals surface area contributed by atoms with E-state index in [1.54, 1.807) is 0 Å². The maximum Gasteiger partial charge on any atom is 0.158 e. The van der Waals surface area contributed by atoms with E-state index in [1.807, 2.05) is 30.3 Å². The molecule has 0 fully saturated rings. The van der Waals surface area contributed by atoms with Gasteiger partial charge in [-0.05, 0) is 29.7 Å². The molecule has 19 heavy (non-hydrogen) atoms. The average Bonchev–Trinajstić information content (AvgIpc) is 2.45. The Hall–Kier alpha value is -2.00. The van der Waals surface area contributed by atoms with Crippen molar-refractivity contribution >= 4 is 38.1 Å². The highest BCUT2D eigenvalue weighted by Gasteiger charge is 2.18. The molecular formula is C16H10BrNO. The second-order valence-electron chi connectivity index (χ2n) is 4.53. The molecule has 0 atom stereocenters. The quantitative estimate of drug-likeness (QED) is 0.466. The van der Waals surface area contributed by atoms with E-state index >= 15 is 0 Å². The highest BCUT2D eigenvalue weighted by atomic mass is 79.9. The van der Waals surface area contributed by atoms with E-state index in [-0.39, 0.29) is 0 Å². The van der Waals surface area contributed by atoms with Crippen LogP contribution in [0.5, 0.6) is 11.5 Å². The lowest BCUT2D eigenvalue weighted by atomic mass is 10.1. The Morgan fingerprint density at radius 1 is 0.895 bits per heavy atom. The Morgan fingerprint density at radius 2 is 1.79 bits per heavy atom. The molecule has 2 nitrogen and oxygen atoms in total. The molecule has 0 radical (unpaired) electrons. The van der Waals surface area contributed by atoms with Crippen LogP contribution in [0.1, 0.15) is 0 Å². The van der Waals surface area contributed by atoms with E-state index in [0.29, 0.717) is 0 Å². The number of benzene rings is 3. The predicted molar refractivity (Wildman–Crippen MR) is 81.4 cm³/mol. The van der Waals surface area contributed by atoms with E-state index in [9.17, 15) is 0 Å². The highest BCUT2D eigenvalue weighted by molar-refractivity contribution is 9.10. The van der Waals surface area contributed by atoms with Crippen molar-refractivity contribution in [1.82, 2.24) is 0 Å². The molecule has 0 amide bonds. The van der Waals surface area contributed by atoms with Crippen molar-refractivity contribution in [3.8, 4) is 11.5 Å². The molecule has 1 heterocycles. The van der Waals surface area contributed by atoms with Gasteiger partial charge in [0.1, 0.15) is 0 Å². The lowest BCUT2D eigenvalue weighted by Gasteiger charge is -2.23. The van der Waals surface area contributed by atoms with Crippen LogP contribution in [0, 0.1) is 0 Å². The summed E-state index contributed by atoms with van der Waals surface area (Å²) in [7, 11) is 0. The van der Waals surface area contributed by atoms with Gasteiger partial charge in [0.2, 0.25) is 0 Å². The van der Waals surface area contributed by atoms with Crippen molar-refractivity contribution in [2.45, 2.75) is 0 Å². The standard InChI is InChI=1S/C16H10BrNO/c17-11-6-8-15-14(9-11)18-13-7-5-10-3-1-2-4-12(10)16(13)19-15/h1-9,18H. The van der Waals surface area contributed by atoms with Gasteiger partial charge in [-0.3, -0.25) is 0 Å². The largest absolute Gasteiger partial charge is 0.452 e. The third-order valence-corrected chi connectivity index (χ3v) is 3.80. The lowest BCUT2D eigenvalue weighted by Crippen LogP contribution is -2.03. The third kappa shape index (κ3) is 1.70. The first kappa shape index (κ1) is 10.9. The summed E-state index contributed by atoms with van der Waals surface area (Å²) in [5, 5.41) is 5.73. The van der Waals surface area contributed by atoms with Gasteiger partial charge in [0.25, 0.3) is 0 Å². The maximum atomic E-state index is 6.06. The molecule has 3 aromatic carbocycles. The van der Waals surface area contributed by atoms with Gasteiger partial charge in [0, 0.05) is 9.86 Å². The fourth-order valence-corrected chi connectivity index (χ4v) is 2.76. The van der Waals surface area contributed by atoms with Crippen LogP contribution >= 0.6 is 15.9 Å². The molecule has 4 rings (SSSR count). The molecule has 3 heteroatoms. The third-order valence-electron chi connectivity index (χ3n) is 3.30. The molecule has 0 bridgehead atoms. The first-order valence-corrected chi connectivity index (χ1v) is 6.87. The summed E-state index contributed by atoms with van der Waals surface area (Å²) in [4.78, 5) is 0. The van der Waals surface area contributed by atoms with Gasteiger partial charge in [-0.1, -0.05) is 46.3 Å². The number of hydrogen-bond acceptors (Lipinski definition) is 2. The van der Waals surface area contributed by atoms with Gasteiger partial charge >= 0.3 is 0 Å². The number of halogens is 1. The SMILES string of the molecule is Brc1ccc2c(c1)Nc1ccc3ccccc3c1O2. The van der Waals surface area contributed by atoms with Gasteiger partial charge < -0.3 is 10.1 Å². The fraction of sp³-hybridized carbons (Fsp3) is 0. The number of ether oxygens (including phenoxy) is 1. The number of rotatable bonds is 0. The number of hydrogen-bond donors (Lipinski definition) is 1. The van der Waals surface area contributed by atoms with Crippen molar-refractivity contribution in [3.05, 3.63) is 59.1 Å². The molecular weight excluding hydrogens is 302 g/mol. The van der Waals surface area contributed by atoms with Crippen LogP contribution in [0.2, 0.25) is 0 Å². The average molecular weight is 312 g/mol. The normalized spacial score (nSPS) is 12.3. The molecule has 0 aromatic heterocycles. The number of nitrogens with one attached hydrogen (secondary N) is 1. The first-order chi connectivity index (χ1) is 9.31. The van der Waals surface area contributed by atoms with Gasteiger partial charge in [-0.15, -0.1) is 0 Å². The van der Waals surface area contributed by atoms with E-state index in [1.165, 1.54) is 5.39 Å². The highest BCUT2D eigenvalue weighted by Crippen LogP contribution is 2.46. The Morgan fingerprint density at radius 3 is 2.74 bits per heavy atom.